The summed E-state index contributed by atoms with van der Waals surface area (Å²) in [5.41, 5.74) is 3.64. The molecule has 3 aromatic rings. The van der Waals surface area contributed by atoms with E-state index in [4.69, 9.17) is 9.72 Å². The molecule has 31 heavy (non-hydrogen) atoms. The molecule has 3 heterocycles. The quantitative estimate of drug-likeness (QED) is 0.583. The van der Waals surface area contributed by atoms with Crippen LogP contribution in [0.2, 0.25) is 0 Å². The zero-order valence-corrected chi connectivity index (χ0v) is 18.2. The number of ether oxygens (including phenoxy) is 1. The Morgan fingerprint density at radius 2 is 2.03 bits per heavy atom. The van der Waals surface area contributed by atoms with Gasteiger partial charge in [0.2, 0.25) is 0 Å². The van der Waals surface area contributed by atoms with Gasteiger partial charge in [0.25, 0.3) is 5.91 Å². The number of piperidine rings is 1. The van der Waals surface area contributed by atoms with Crippen LogP contribution < -0.4 is 0 Å². The Bertz CT molecular complexity index is 1020. The minimum Gasteiger partial charge on any atom is -0.372 e. The summed E-state index contributed by atoms with van der Waals surface area (Å²) in [7, 11) is 0. The molecule has 0 N–H and O–H groups in total. The Morgan fingerprint density at radius 1 is 1.19 bits per heavy atom. The van der Waals surface area contributed by atoms with E-state index in [9.17, 15) is 4.79 Å². The number of aryl methyl sites for hydroxylation is 2. The minimum absolute atomic E-state index is 0.00967. The summed E-state index contributed by atoms with van der Waals surface area (Å²) in [5, 5.41) is 4.38. The molecule has 1 aliphatic rings. The summed E-state index contributed by atoms with van der Waals surface area (Å²) in [6, 6.07) is 11.9. The number of carbonyl (C=O) groups is 1. The van der Waals surface area contributed by atoms with Crippen LogP contribution in [-0.2, 0) is 24.5 Å². The summed E-state index contributed by atoms with van der Waals surface area (Å²) in [6.45, 7) is 7.05. The number of benzene rings is 1. The second kappa shape index (κ2) is 9.83. The van der Waals surface area contributed by atoms with Gasteiger partial charge in [0.15, 0.2) is 0 Å². The molecule has 0 aliphatic carbocycles. The van der Waals surface area contributed by atoms with Crippen molar-refractivity contribution in [1.29, 1.82) is 0 Å². The van der Waals surface area contributed by atoms with Crippen LogP contribution in [0.15, 0.2) is 48.8 Å². The van der Waals surface area contributed by atoms with E-state index in [-0.39, 0.29) is 11.8 Å². The van der Waals surface area contributed by atoms with Crippen molar-refractivity contribution in [2.75, 3.05) is 13.1 Å². The molecule has 1 unspecified atom stereocenters. The monoisotopic (exact) mass is 419 g/mol. The van der Waals surface area contributed by atoms with Gasteiger partial charge in [-0.05, 0) is 38.3 Å². The van der Waals surface area contributed by atoms with Crippen LogP contribution in [0.3, 0.4) is 0 Å². The van der Waals surface area contributed by atoms with Crippen molar-refractivity contribution in [2.45, 2.75) is 52.4 Å². The summed E-state index contributed by atoms with van der Waals surface area (Å²) in [6.07, 6.45) is 5.66. The first-order valence-corrected chi connectivity index (χ1v) is 10.9. The van der Waals surface area contributed by atoms with Crippen LogP contribution in [0.4, 0.5) is 0 Å². The third-order valence-electron chi connectivity index (χ3n) is 5.67. The minimum atomic E-state index is -0.00967. The van der Waals surface area contributed by atoms with Gasteiger partial charge >= 0.3 is 0 Å². The molecule has 0 bridgehead atoms. The molecule has 7 nitrogen and oxygen atoms in total. The first-order chi connectivity index (χ1) is 15.1. The molecule has 0 radical (unpaired) electrons. The fraction of sp³-hybridized carbons (Fsp3) is 0.417. The van der Waals surface area contributed by atoms with Gasteiger partial charge in [-0.3, -0.25) is 9.48 Å². The number of amides is 1. The van der Waals surface area contributed by atoms with Gasteiger partial charge in [-0.15, -0.1) is 0 Å². The van der Waals surface area contributed by atoms with E-state index in [0.717, 1.165) is 48.6 Å². The molecular weight excluding hydrogens is 390 g/mol. The molecule has 1 saturated heterocycles. The SMILES string of the molecule is CCn1ccc(C(=O)N2CCCC(c3nc(C)ncc3COCc3ccccc3)C2)n1. The predicted molar refractivity (Wildman–Crippen MR) is 117 cm³/mol. The average Bonchev–Trinajstić information content (AvgIpc) is 3.30. The van der Waals surface area contributed by atoms with E-state index in [1.807, 2.05) is 49.3 Å². The third-order valence-corrected chi connectivity index (χ3v) is 5.67. The Hall–Kier alpha value is -3.06. The van der Waals surface area contributed by atoms with Gasteiger partial charge in [-0.25, -0.2) is 9.97 Å². The number of hydrogen-bond acceptors (Lipinski definition) is 5. The third kappa shape index (κ3) is 5.17. The van der Waals surface area contributed by atoms with Gasteiger partial charge in [0.05, 0.1) is 18.9 Å². The number of carbonyl (C=O) groups excluding carboxylic acids is 1. The van der Waals surface area contributed by atoms with Crippen molar-refractivity contribution < 1.29 is 9.53 Å². The Balaban J connectivity index is 1.46. The molecule has 7 heteroatoms. The molecule has 2 aromatic heterocycles. The highest BCUT2D eigenvalue weighted by molar-refractivity contribution is 5.92. The highest BCUT2D eigenvalue weighted by atomic mass is 16.5. The lowest BCUT2D eigenvalue weighted by atomic mass is 9.92. The maximum absolute atomic E-state index is 13.0. The van der Waals surface area contributed by atoms with Crippen LogP contribution in [0, 0.1) is 6.92 Å². The number of rotatable bonds is 7. The first-order valence-electron chi connectivity index (χ1n) is 10.9. The van der Waals surface area contributed by atoms with Gasteiger partial charge in [0.1, 0.15) is 11.5 Å². The first kappa shape index (κ1) is 21.2. The molecule has 1 amide bonds. The van der Waals surface area contributed by atoms with Gasteiger partial charge in [-0.1, -0.05) is 30.3 Å². The van der Waals surface area contributed by atoms with E-state index >= 15 is 0 Å². The molecule has 1 aliphatic heterocycles. The summed E-state index contributed by atoms with van der Waals surface area (Å²) in [5.74, 6) is 0.902. The average molecular weight is 420 g/mol. The molecule has 1 atom stereocenters. The molecule has 0 spiro atoms. The van der Waals surface area contributed by atoms with Crippen LogP contribution in [0.5, 0.6) is 0 Å². The van der Waals surface area contributed by atoms with Crippen molar-refractivity contribution in [1.82, 2.24) is 24.6 Å². The van der Waals surface area contributed by atoms with Crippen molar-refractivity contribution in [3.8, 4) is 0 Å². The van der Waals surface area contributed by atoms with E-state index in [2.05, 4.69) is 22.2 Å². The highest BCUT2D eigenvalue weighted by Gasteiger charge is 2.29. The van der Waals surface area contributed by atoms with E-state index in [1.165, 1.54) is 0 Å². The smallest absolute Gasteiger partial charge is 0.274 e. The lowest BCUT2D eigenvalue weighted by Gasteiger charge is -2.33. The Morgan fingerprint density at radius 3 is 2.81 bits per heavy atom. The molecule has 162 valence electrons. The van der Waals surface area contributed by atoms with Crippen LogP contribution >= 0.6 is 0 Å². The molecule has 1 aromatic carbocycles. The zero-order chi connectivity index (χ0) is 21.6. The fourth-order valence-electron chi connectivity index (χ4n) is 4.03. The van der Waals surface area contributed by atoms with Crippen molar-refractivity contribution in [3.05, 3.63) is 77.1 Å². The Kier molecular flexibility index (Phi) is 6.72. The number of aromatic nitrogens is 4. The summed E-state index contributed by atoms with van der Waals surface area (Å²) in [4.78, 5) is 24.0. The van der Waals surface area contributed by atoms with Crippen molar-refractivity contribution >= 4 is 5.91 Å². The summed E-state index contributed by atoms with van der Waals surface area (Å²) >= 11 is 0. The van der Waals surface area contributed by atoms with Gasteiger partial charge in [-0.2, -0.15) is 5.10 Å². The fourth-order valence-corrected chi connectivity index (χ4v) is 4.03. The second-order valence-corrected chi connectivity index (χ2v) is 7.95. The van der Waals surface area contributed by atoms with Gasteiger partial charge < -0.3 is 9.64 Å². The molecular formula is C24H29N5O2. The largest absolute Gasteiger partial charge is 0.372 e. The second-order valence-electron chi connectivity index (χ2n) is 7.95. The van der Waals surface area contributed by atoms with Crippen molar-refractivity contribution in [2.24, 2.45) is 0 Å². The van der Waals surface area contributed by atoms with Crippen LogP contribution in [0.25, 0.3) is 0 Å². The topological polar surface area (TPSA) is 73.1 Å². The van der Waals surface area contributed by atoms with E-state index in [0.29, 0.717) is 25.5 Å². The van der Waals surface area contributed by atoms with E-state index in [1.54, 1.807) is 10.7 Å². The molecule has 4 rings (SSSR count). The maximum atomic E-state index is 13.0. The van der Waals surface area contributed by atoms with Crippen molar-refractivity contribution in [3.63, 3.8) is 0 Å². The maximum Gasteiger partial charge on any atom is 0.274 e. The highest BCUT2D eigenvalue weighted by Crippen LogP contribution is 2.29. The normalized spacial score (nSPS) is 16.5. The summed E-state index contributed by atoms with van der Waals surface area (Å²) < 4.78 is 7.74. The van der Waals surface area contributed by atoms with Crippen LogP contribution in [-0.4, -0.2) is 43.6 Å². The molecule has 1 fully saturated rings. The number of hydrogen-bond donors (Lipinski definition) is 0. The number of likely N-dealkylation sites (tertiary alicyclic amines) is 1. The van der Waals surface area contributed by atoms with Crippen LogP contribution in [0.1, 0.15) is 58.8 Å². The van der Waals surface area contributed by atoms with E-state index < -0.39 is 0 Å². The number of nitrogens with zero attached hydrogens (tertiary/aromatic N) is 5. The molecule has 0 saturated carbocycles. The Labute approximate surface area is 183 Å². The van der Waals surface area contributed by atoms with Gasteiger partial charge in [0, 0.05) is 43.5 Å². The predicted octanol–water partition coefficient (Wildman–Crippen LogP) is 3.74. The lowest BCUT2D eigenvalue weighted by molar-refractivity contribution is 0.0696. The standard InChI is InChI=1S/C24H29N5O2/c1-3-29-13-11-22(27-29)24(30)28-12-7-10-20(15-28)23-21(14-25-18(2)26-23)17-31-16-19-8-5-4-6-9-19/h4-6,8-9,11,13-14,20H,3,7,10,12,15-17H2,1-2H3. The zero-order valence-electron chi connectivity index (χ0n) is 18.2. The lowest BCUT2D eigenvalue weighted by Crippen LogP contribution is -2.40.